The van der Waals surface area contributed by atoms with E-state index in [0.29, 0.717) is 11.8 Å². The molecule has 82 valence electrons. The third kappa shape index (κ3) is 1.02. The van der Waals surface area contributed by atoms with Crippen LogP contribution >= 0.6 is 0 Å². The van der Waals surface area contributed by atoms with E-state index in [4.69, 9.17) is 4.74 Å². The standard InChI is InChI=1S/C11H15NO3/c1-12(2)10(13)8-5-3-6-7(4-5)15-11(14)9(6)8/h5-9H,3-4H2,1-2H3. The Kier molecular flexibility index (Phi) is 1.68. The molecule has 0 aromatic heterocycles. The van der Waals surface area contributed by atoms with E-state index in [-0.39, 0.29) is 29.8 Å². The van der Waals surface area contributed by atoms with Crippen molar-refractivity contribution >= 4 is 11.9 Å². The van der Waals surface area contributed by atoms with Crippen molar-refractivity contribution in [3.63, 3.8) is 0 Å². The lowest BCUT2D eigenvalue weighted by Gasteiger charge is -2.26. The number of ether oxygens (including phenoxy) is 1. The van der Waals surface area contributed by atoms with Gasteiger partial charge in [0.05, 0.1) is 11.8 Å². The fraction of sp³-hybridized carbons (Fsp3) is 0.818. The zero-order valence-corrected chi connectivity index (χ0v) is 8.97. The van der Waals surface area contributed by atoms with Crippen molar-refractivity contribution in [3.05, 3.63) is 0 Å². The normalized spacial score (nSPS) is 45.7. The van der Waals surface area contributed by atoms with Crippen LogP contribution in [0.5, 0.6) is 0 Å². The minimum Gasteiger partial charge on any atom is -0.462 e. The van der Waals surface area contributed by atoms with E-state index in [1.165, 1.54) is 0 Å². The smallest absolute Gasteiger partial charge is 0.310 e. The van der Waals surface area contributed by atoms with Crippen LogP contribution < -0.4 is 0 Å². The molecule has 3 aliphatic rings. The quantitative estimate of drug-likeness (QED) is 0.582. The Morgan fingerprint density at radius 2 is 2.13 bits per heavy atom. The monoisotopic (exact) mass is 209 g/mol. The van der Waals surface area contributed by atoms with Gasteiger partial charge in [0.15, 0.2) is 0 Å². The number of carbonyl (C=O) groups excluding carboxylic acids is 2. The molecule has 0 radical (unpaired) electrons. The number of nitrogens with zero attached hydrogens (tertiary/aromatic N) is 1. The Morgan fingerprint density at radius 3 is 2.80 bits per heavy atom. The van der Waals surface area contributed by atoms with Crippen LogP contribution in [0.4, 0.5) is 0 Å². The van der Waals surface area contributed by atoms with Crippen molar-refractivity contribution in [2.45, 2.75) is 18.9 Å². The minimum atomic E-state index is -0.136. The lowest BCUT2D eigenvalue weighted by molar-refractivity contribution is -0.147. The van der Waals surface area contributed by atoms with E-state index < -0.39 is 0 Å². The largest absolute Gasteiger partial charge is 0.462 e. The highest BCUT2D eigenvalue weighted by Crippen LogP contribution is 2.57. The van der Waals surface area contributed by atoms with Crippen molar-refractivity contribution in [3.8, 4) is 0 Å². The molecule has 5 atom stereocenters. The minimum absolute atomic E-state index is 0.101. The fourth-order valence-corrected chi connectivity index (χ4v) is 3.64. The molecule has 4 nitrogen and oxygen atoms in total. The second-order valence-electron chi connectivity index (χ2n) is 5.15. The van der Waals surface area contributed by atoms with E-state index in [1.807, 2.05) is 0 Å². The number of hydrogen-bond donors (Lipinski definition) is 0. The summed E-state index contributed by atoms with van der Waals surface area (Å²) in [5.41, 5.74) is 0. The molecule has 0 aromatic carbocycles. The summed E-state index contributed by atoms with van der Waals surface area (Å²) < 4.78 is 5.29. The van der Waals surface area contributed by atoms with Crippen LogP contribution in [0.3, 0.4) is 0 Å². The molecule has 3 fully saturated rings. The van der Waals surface area contributed by atoms with Crippen LogP contribution in [0.25, 0.3) is 0 Å². The zero-order valence-electron chi connectivity index (χ0n) is 8.97. The highest BCUT2D eigenvalue weighted by molar-refractivity contribution is 5.88. The SMILES string of the molecule is CN(C)C(=O)C1C2CC3OC(=O)C1C3C2. The Bertz CT molecular complexity index is 337. The maximum atomic E-state index is 12.0. The average molecular weight is 209 g/mol. The van der Waals surface area contributed by atoms with E-state index in [9.17, 15) is 9.59 Å². The lowest BCUT2D eigenvalue weighted by atomic mass is 9.79. The first-order valence-electron chi connectivity index (χ1n) is 5.51. The van der Waals surface area contributed by atoms with Gasteiger partial charge in [0, 0.05) is 20.0 Å². The summed E-state index contributed by atoms with van der Waals surface area (Å²) in [4.78, 5) is 25.2. The molecule has 2 saturated carbocycles. The molecule has 1 saturated heterocycles. The number of rotatable bonds is 1. The molecule has 2 bridgehead atoms. The molecule has 4 heteroatoms. The van der Waals surface area contributed by atoms with Gasteiger partial charge in [-0.3, -0.25) is 9.59 Å². The van der Waals surface area contributed by atoms with Gasteiger partial charge in [-0.05, 0) is 18.8 Å². The van der Waals surface area contributed by atoms with Gasteiger partial charge in [0.2, 0.25) is 5.91 Å². The lowest BCUT2D eigenvalue weighted by Crippen LogP contribution is -2.39. The summed E-state index contributed by atoms with van der Waals surface area (Å²) in [6.07, 6.45) is 2.03. The van der Waals surface area contributed by atoms with Crippen molar-refractivity contribution in [2.75, 3.05) is 14.1 Å². The Balaban J connectivity index is 1.92. The van der Waals surface area contributed by atoms with Gasteiger partial charge in [-0.1, -0.05) is 0 Å². The summed E-state index contributed by atoms with van der Waals surface area (Å²) in [5.74, 6) is 0.442. The molecule has 1 aliphatic heterocycles. The summed E-state index contributed by atoms with van der Waals surface area (Å²) in [5, 5.41) is 0. The number of amides is 1. The van der Waals surface area contributed by atoms with Crippen LogP contribution in [0.2, 0.25) is 0 Å². The molecule has 5 unspecified atom stereocenters. The molecule has 0 N–H and O–H groups in total. The maximum Gasteiger partial charge on any atom is 0.310 e. The van der Waals surface area contributed by atoms with Crippen molar-refractivity contribution < 1.29 is 14.3 Å². The summed E-state index contributed by atoms with van der Waals surface area (Å²) >= 11 is 0. The maximum absolute atomic E-state index is 12.0. The summed E-state index contributed by atoms with van der Waals surface area (Å²) in [6, 6.07) is 0. The van der Waals surface area contributed by atoms with Gasteiger partial charge >= 0.3 is 5.97 Å². The second-order valence-corrected chi connectivity index (χ2v) is 5.15. The summed E-state index contributed by atoms with van der Waals surface area (Å²) in [7, 11) is 3.51. The zero-order chi connectivity index (χ0) is 10.7. The third-order valence-corrected chi connectivity index (χ3v) is 4.21. The average Bonchev–Trinajstić information content (AvgIpc) is 2.75. The molecule has 3 rings (SSSR count). The third-order valence-electron chi connectivity index (χ3n) is 4.21. The van der Waals surface area contributed by atoms with Crippen LogP contribution in [-0.4, -0.2) is 37.0 Å². The summed E-state index contributed by atoms with van der Waals surface area (Å²) in [6.45, 7) is 0. The molecule has 0 spiro atoms. The first-order valence-corrected chi connectivity index (χ1v) is 5.51. The highest BCUT2D eigenvalue weighted by atomic mass is 16.6. The van der Waals surface area contributed by atoms with E-state index in [1.54, 1.807) is 19.0 Å². The molecule has 2 aliphatic carbocycles. The van der Waals surface area contributed by atoms with Gasteiger partial charge in [-0.15, -0.1) is 0 Å². The first kappa shape index (κ1) is 9.19. The van der Waals surface area contributed by atoms with Crippen molar-refractivity contribution in [2.24, 2.45) is 23.7 Å². The molecule has 1 amide bonds. The molecule has 15 heavy (non-hydrogen) atoms. The van der Waals surface area contributed by atoms with Crippen LogP contribution in [0.15, 0.2) is 0 Å². The molecular formula is C11H15NO3. The molecular weight excluding hydrogens is 194 g/mol. The predicted molar refractivity (Wildman–Crippen MR) is 51.8 cm³/mol. The predicted octanol–water partition coefficient (Wildman–Crippen LogP) is 0.272. The Morgan fingerprint density at radius 1 is 1.40 bits per heavy atom. The fourth-order valence-electron chi connectivity index (χ4n) is 3.64. The van der Waals surface area contributed by atoms with E-state index >= 15 is 0 Å². The highest BCUT2D eigenvalue weighted by Gasteiger charge is 2.64. The van der Waals surface area contributed by atoms with Gasteiger partial charge in [-0.2, -0.15) is 0 Å². The van der Waals surface area contributed by atoms with Crippen LogP contribution in [0, 0.1) is 23.7 Å². The van der Waals surface area contributed by atoms with E-state index in [2.05, 4.69) is 0 Å². The van der Waals surface area contributed by atoms with E-state index in [0.717, 1.165) is 12.8 Å². The number of carbonyl (C=O) groups is 2. The van der Waals surface area contributed by atoms with Gasteiger partial charge in [-0.25, -0.2) is 0 Å². The Hall–Kier alpha value is -1.06. The van der Waals surface area contributed by atoms with Gasteiger partial charge < -0.3 is 9.64 Å². The Labute approximate surface area is 88.6 Å². The number of esters is 1. The van der Waals surface area contributed by atoms with Crippen molar-refractivity contribution in [1.82, 2.24) is 4.90 Å². The second kappa shape index (κ2) is 2.74. The molecule has 0 aromatic rings. The van der Waals surface area contributed by atoms with Gasteiger partial charge in [0.25, 0.3) is 0 Å². The van der Waals surface area contributed by atoms with Crippen LogP contribution in [-0.2, 0) is 14.3 Å². The topological polar surface area (TPSA) is 46.6 Å². The molecule has 1 heterocycles. The number of fused-ring (bicyclic) bond motifs is 1. The van der Waals surface area contributed by atoms with Crippen LogP contribution in [0.1, 0.15) is 12.8 Å². The number of hydrogen-bond acceptors (Lipinski definition) is 3. The first-order chi connectivity index (χ1) is 7.09. The van der Waals surface area contributed by atoms with Crippen molar-refractivity contribution in [1.29, 1.82) is 0 Å². The van der Waals surface area contributed by atoms with Gasteiger partial charge in [0.1, 0.15) is 6.10 Å².